The van der Waals surface area contributed by atoms with Gasteiger partial charge in [-0.05, 0) is 18.1 Å². The van der Waals surface area contributed by atoms with Crippen molar-refractivity contribution in [2.75, 3.05) is 0 Å². The molecule has 0 spiro atoms. The topological polar surface area (TPSA) is 106 Å². The molecule has 0 fully saturated rings. The van der Waals surface area contributed by atoms with Gasteiger partial charge in [0.05, 0.1) is 11.1 Å². The lowest BCUT2D eigenvalue weighted by atomic mass is 10.1. The maximum atomic E-state index is 13.1. The summed E-state index contributed by atoms with van der Waals surface area (Å²) >= 11 is 0. The summed E-state index contributed by atoms with van der Waals surface area (Å²) in [6.07, 6.45) is 1.27. The number of aromatic hydroxyl groups is 1. The van der Waals surface area contributed by atoms with Crippen LogP contribution in [0.5, 0.6) is 5.75 Å². The predicted molar refractivity (Wildman–Crippen MR) is 115 cm³/mol. The van der Waals surface area contributed by atoms with Crippen LogP contribution in [0.25, 0.3) is 11.0 Å². The van der Waals surface area contributed by atoms with Crippen molar-refractivity contribution in [1.82, 2.24) is 20.0 Å². The van der Waals surface area contributed by atoms with Crippen molar-refractivity contribution in [2.45, 2.75) is 20.1 Å². The molecule has 0 aliphatic rings. The number of carbonyl (C=O) groups excluding carboxylic acids is 1. The fourth-order valence-electron chi connectivity index (χ4n) is 3.22. The summed E-state index contributed by atoms with van der Waals surface area (Å²) in [4.78, 5) is 39.9. The highest BCUT2D eigenvalue weighted by molar-refractivity contribution is 6.02. The molecule has 0 aliphatic carbocycles. The molecule has 0 saturated heterocycles. The van der Waals surface area contributed by atoms with E-state index in [9.17, 15) is 14.7 Å². The molecule has 0 atom stereocenters. The van der Waals surface area contributed by atoms with Crippen LogP contribution < -0.4 is 15.7 Å². The summed E-state index contributed by atoms with van der Waals surface area (Å²) in [5, 5.41) is 13.6. The lowest BCUT2D eigenvalue weighted by molar-refractivity contribution is 0.0891. The van der Waals surface area contributed by atoms with Gasteiger partial charge >= 0.3 is 5.56 Å². The Labute approximate surface area is 177 Å². The Kier molecular flexibility index (Phi) is 5.61. The lowest BCUT2D eigenvalue weighted by Gasteiger charge is -2.15. The van der Waals surface area contributed by atoms with E-state index in [0.29, 0.717) is 5.69 Å². The van der Waals surface area contributed by atoms with Crippen LogP contribution in [0.15, 0.2) is 71.8 Å². The molecule has 31 heavy (non-hydrogen) atoms. The quantitative estimate of drug-likeness (QED) is 0.500. The number of pyridine rings is 1. The van der Waals surface area contributed by atoms with Crippen LogP contribution in [-0.2, 0) is 13.2 Å². The van der Waals surface area contributed by atoms with Gasteiger partial charge in [-0.2, -0.15) is 0 Å². The average Bonchev–Trinajstić information content (AvgIpc) is 2.79. The molecule has 0 bridgehead atoms. The Bertz CT molecular complexity index is 1290. The molecule has 8 nitrogen and oxygen atoms in total. The van der Waals surface area contributed by atoms with Gasteiger partial charge in [0.2, 0.25) is 0 Å². The normalized spacial score (nSPS) is 10.7. The maximum absolute atomic E-state index is 13.1. The van der Waals surface area contributed by atoms with E-state index in [0.717, 1.165) is 15.9 Å². The summed E-state index contributed by atoms with van der Waals surface area (Å²) in [5.74, 6) is -1.18. The molecule has 4 rings (SSSR count). The van der Waals surface area contributed by atoms with Gasteiger partial charge in [0.1, 0.15) is 18.7 Å². The van der Waals surface area contributed by atoms with Crippen LogP contribution in [0.1, 0.15) is 27.2 Å². The third-order valence-corrected chi connectivity index (χ3v) is 4.81. The molecule has 2 heterocycles. The molecule has 0 aliphatic heterocycles. The minimum absolute atomic E-state index is 0.0781. The maximum Gasteiger partial charge on any atom is 0.301 e. The number of fused-ring (bicyclic) bond motifs is 1. The third-order valence-electron chi connectivity index (χ3n) is 4.81. The molecule has 4 aromatic rings. The molecule has 1 amide bonds. The first-order chi connectivity index (χ1) is 15.1. The Balaban J connectivity index is 1.75. The molecule has 8 heteroatoms. The second-order valence-corrected chi connectivity index (χ2v) is 6.91. The molecule has 0 saturated carbocycles. The third kappa shape index (κ3) is 4.09. The summed E-state index contributed by atoms with van der Waals surface area (Å²) < 4.78 is 0.939. The number of carbonyl (C=O) groups is 1. The van der Waals surface area contributed by atoms with E-state index in [4.69, 9.17) is 4.84 Å². The van der Waals surface area contributed by atoms with E-state index in [-0.39, 0.29) is 24.2 Å². The summed E-state index contributed by atoms with van der Waals surface area (Å²) in [6.45, 7) is 1.93. The Morgan fingerprint density at radius 3 is 2.35 bits per heavy atom. The highest BCUT2D eigenvalue weighted by atomic mass is 16.7. The summed E-state index contributed by atoms with van der Waals surface area (Å²) in [7, 11) is 0. The van der Waals surface area contributed by atoms with Gasteiger partial charge in [0.15, 0.2) is 11.2 Å². The number of aromatic nitrogens is 3. The minimum Gasteiger partial charge on any atom is -0.506 e. The fraction of sp³-hybridized carbons (Fsp3) is 0.130. The monoisotopic (exact) mass is 416 g/mol. The van der Waals surface area contributed by atoms with Gasteiger partial charge in [0.25, 0.3) is 5.91 Å². The Morgan fingerprint density at radius 2 is 1.68 bits per heavy atom. The molecule has 2 N–H and O–H groups in total. The molecule has 2 aromatic carbocycles. The van der Waals surface area contributed by atoms with Crippen molar-refractivity contribution in [3.63, 3.8) is 0 Å². The van der Waals surface area contributed by atoms with Crippen molar-refractivity contribution in [3.05, 3.63) is 99.7 Å². The molecular formula is C23H20N4O4. The highest BCUT2D eigenvalue weighted by Crippen LogP contribution is 2.26. The van der Waals surface area contributed by atoms with E-state index in [1.54, 1.807) is 6.92 Å². The molecule has 0 unspecified atom stereocenters. The number of amides is 1. The van der Waals surface area contributed by atoms with Crippen LogP contribution in [-0.4, -0.2) is 25.7 Å². The van der Waals surface area contributed by atoms with Crippen LogP contribution in [0.3, 0.4) is 0 Å². The first-order valence-corrected chi connectivity index (χ1v) is 9.65. The van der Waals surface area contributed by atoms with Crippen LogP contribution in [0.4, 0.5) is 0 Å². The number of rotatable bonds is 6. The zero-order valence-electron chi connectivity index (χ0n) is 16.8. The van der Waals surface area contributed by atoms with Crippen LogP contribution in [0, 0.1) is 6.92 Å². The van der Waals surface area contributed by atoms with E-state index in [1.807, 2.05) is 60.7 Å². The number of nitrogens with one attached hydrogen (secondary N) is 1. The fourth-order valence-corrected chi connectivity index (χ4v) is 3.22. The van der Waals surface area contributed by atoms with Gasteiger partial charge in [-0.15, -0.1) is 4.73 Å². The molecule has 2 aromatic heterocycles. The summed E-state index contributed by atoms with van der Waals surface area (Å²) in [6, 6.07) is 18.5. The zero-order valence-corrected chi connectivity index (χ0v) is 16.8. The van der Waals surface area contributed by atoms with E-state index in [1.165, 1.54) is 6.33 Å². The standard InChI is InChI=1S/C23H20N4O4/c1-15-18-20(28)19(22(29)24-12-16-8-4-2-5-9-16)23(30)27(21(18)26-14-25-15)31-13-17-10-6-3-7-11-17/h2-11,14,28H,12-13H2,1H3,(H,24,29). The highest BCUT2D eigenvalue weighted by Gasteiger charge is 2.25. The lowest BCUT2D eigenvalue weighted by Crippen LogP contribution is -2.36. The second kappa shape index (κ2) is 8.66. The van der Waals surface area contributed by atoms with Gasteiger partial charge in [-0.1, -0.05) is 60.7 Å². The van der Waals surface area contributed by atoms with Gasteiger partial charge in [-0.25, -0.2) is 9.97 Å². The van der Waals surface area contributed by atoms with Crippen molar-refractivity contribution in [1.29, 1.82) is 0 Å². The van der Waals surface area contributed by atoms with E-state index in [2.05, 4.69) is 15.3 Å². The number of aryl methyl sites for hydroxylation is 1. The van der Waals surface area contributed by atoms with Crippen molar-refractivity contribution in [3.8, 4) is 5.75 Å². The second-order valence-electron chi connectivity index (χ2n) is 6.91. The number of hydrogen-bond donors (Lipinski definition) is 2. The first kappa shape index (κ1) is 20.1. The van der Waals surface area contributed by atoms with Gasteiger partial charge in [0, 0.05) is 6.54 Å². The molecular weight excluding hydrogens is 396 g/mol. The van der Waals surface area contributed by atoms with Gasteiger partial charge < -0.3 is 15.3 Å². The van der Waals surface area contributed by atoms with Crippen LogP contribution in [0.2, 0.25) is 0 Å². The minimum atomic E-state index is -0.801. The van der Waals surface area contributed by atoms with Crippen molar-refractivity contribution < 1.29 is 14.7 Å². The van der Waals surface area contributed by atoms with E-state index >= 15 is 0 Å². The largest absolute Gasteiger partial charge is 0.506 e. The summed E-state index contributed by atoms with van der Waals surface area (Å²) in [5.41, 5.74) is 0.967. The van der Waals surface area contributed by atoms with Crippen molar-refractivity contribution >= 4 is 16.9 Å². The van der Waals surface area contributed by atoms with E-state index < -0.39 is 22.8 Å². The van der Waals surface area contributed by atoms with Gasteiger partial charge in [-0.3, -0.25) is 9.59 Å². The van der Waals surface area contributed by atoms with Crippen LogP contribution >= 0.6 is 0 Å². The predicted octanol–water partition coefficient (Wildman–Crippen LogP) is 2.36. The number of nitrogens with zero attached hydrogens (tertiary/aromatic N) is 3. The number of hydrogen-bond acceptors (Lipinski definition) is 6. The van der Waals surface area contributed by atoms with Crippen molar-refractivity contribution in [2.24, 2.45) is 0 Å². The average molecular weight is 416 g/mol. The Morgan fingerprint density at radius 1 is 1.03 bits per heavy atom. The number of benzene rings is 2. The molecule has 156 valence electrons. The first-order valence-electron chi connectivity index (χ1n) is 9.65. The SMILES string of the molecule is Cc1ncnc2c1c(O)c(C(=O)NCc1ccccc1)c(=O)n2OCc1ccccc1. The smallest absolute Gasteiger partial charge is 0.301 e. The Hall–Kier alpha value is -4.20. The zero-order chi connectivity index (χ0) is 21.8. The molecule has 0 radical (unpaired) electrons.